The Bertz CT molecular complexity index is 970. The fourth-order valence-electron chi connectivity index (χ4n) is 2.64. The van der Waals surface area contributed by atoms with Gasteiger partial charge in [-0.25, -0.2) is 13.1 Å². The molecule has 2 aromatic rings. The predicted octanol–water partition coefficient (Wildman–Crippen LogP) is 4.26. The van der Waals surface area contributed by atoms with E-state index < -0.39 is 38.4 Å². The van der Waals surface area contributed by atoms with Crippen molar-refractivity contribution in [3.63, 3.8) is 0 Å². The normalized spacial score (nSPS) is 12.7. The van der Waals surface area contributed by atoms with Crippen LogP contribution in [0.4, 0.5) is 26.3 Å². The predicted molar refractivity (Wildman–Crippen MR) is 94.9 cm³/mol. The second-order valence-electron chi connectivity index (χ2n) is 6.04. The lowest BCUT2D eigenvalue weighted by molar-refractivity contribution is -0.143. The van der Waals surface area contributed by atoms with Crippen molar-refractivity contribution in [3.05, 3.63) is 53.1 Å². The van der Waals surface area contributed by atoms with Crippen molar-refractivity contribution in [2.75, 3.05) is 20.8 Å². The van der Waals surface area contributed by atoms with Crippen LogP contribution in [-0.4, -0.2) is 29.2 Å². The lowest BCUT2D eigenvalue weighted by Crippen LogP contribution is -2.27. The van der Waals surface area contributed by atoms with Crippen LogP contribution in [0.15, 0.2) is 41.3 Å². The number of sulfonamides is 1. The van der Waals surface area contributed by atoms with E-state index in [1.54, 1.807) is 18.2 Å². The molecule has 0 radical (unpaired) electrons. The molecular weight excluding hydrogens is 440 g/mol. The number of hydrogen-bond acceptors (Lipinski definition) is 4. The van der Waals surface area contributed by atoms with Gasteiger partial charge in [-0.1, -0.05) is 12.1 Å². The van der Waals surface area contributed by atoms with E-state index in [0.29, 0.717) is 17.1 Å². The van der Waals surface area contributed by atoms with E-state index in [0.717, 1.165) is 0 Å². The van der Waals surface area contributed by atoms with E-state index in [2.05, 4.69) is 0 Å². The first-order valence-corrected chi connectivity index (χ1v) is 9.77. The van der Waals surface area contributed by atoms with Crippen molar-refractivity contribution >= 4 is 10.0 Å². The van der Waals surface area contributed by atoms with Gasteiger partial charge < -0.3 is 9.47 Å². The smallest absolute Gasteiger partial charge is 0.416 e. The van der Waals surface area contributed by atoms with Gasteiger partial charge in [0.25, 0.3) is 0 Å². The van der Waals surface area contributed by atoms with Gasteiger partial charge in [0.05, 0.1) is 30.2 Å². The lowest BCUT2D eigenvalue weighted by Gasteiger charge is -2.15. The summed E-state index contributed by atoms with van der Waals surface area (Å²) >= 11 is 0. The Hall–Kier alpha value is -2.47. The van der Waals surface area contributed by atoms with Gasteiger partial charge >= 0.3 is 12.4 Å². The van der Waals surface area contributed by atoms with Gasteiger partial charge in [-0.15, -0.1) is 0 Å². The maximum Gasteiger partial charge on any atom is 0.416 e. The van der Waals surface area contributed by atoms with Gasteiger partial charge in [-0.2, -0.15) is 26.3 Å². The number of para-hydroxylation sites is 1. The Morgan fingerprint density at radius 2 is 1.47 bits per heavy atom. The topological polar surface area (TPSA) is 64.6 Å². The van der Waals surface area contributed by atoms with Crippen molar-refractivity contribution in [3.8, 4) is 11.5 Å². The molecule has 166 valence electrons. The third-order valence-corrected chi connectivity index (χ3v) is 5.48. The Morgan fingerprint density at radius 1 is 0.900 bits per heavy atom. The number of hydrogen-bond donors (Lipinski definition) is 1. The van der Waals surface area contributed by atoms with Crippen LogP contribution < -0.4 is 14.2 Å². The van der Waals surface area contributed by atoms with Crippen LogP contribution in [0.25, 0.3) is 0 Å². The van der Waals surface area contributed by atoms with Crippen LogP contribution in [0.5, 0.6) is 11.5 Å². The number of nitrogens with one attached hydrogen (secondary N) is 1. The van der Waals surface area contributed by atoms with Gasteiger partial charge in [-0.3, -0.25) is 0 Å². The zero-order valence-electron chi connectivity index (χ0n) is 15.7. The molecule has 0 spiro atoms. The summed E-state index contributed by atoms with van der Waals surface area (Å²) in [7, 11) is -1.89. The van der Waals surface area contributed by atoms with Crippen LogP contribution in [-0.2, 0) is 28.8 Å². The molecule has 0 aliphatic rings. The van der Waals surface area contributed by atoms with Crippen LogP contribution >= 0.6 is 0 Å². The summed E-state index contributed by atoms with van der Waals surface area (Å²) in [6, 6.07) is 5.01. The number of methoxy groups -OCH3 is 2. The Kier molecular flexibility index (Phi) is 6.92. The summed E-state index contributed by atoms with van der Waals surface area (Å²) in [5, 5.41) is 0. The third kappa shape index (κ3) is 5.57. The molecule has 0 amide bonds. The minimum Gasteiger partial charge on any atom is -0.493 e. The average Bonchev–Trinajstić information content (AvgIpc) is 2.65. The minimum absolute atomic E-state index is 0.0463. The number of rotatable bonds is 7. The quantitative estimate of drug-likeness (QED) is 0.631. The third-order valence-electron chi connectivity index (χ3n) is 4.04. The van der Waals surface area contributed by atoms with Gasteiger partial charge in [0.15, 0.2) is 11.5 Å². The zero-order chi connectivity index (χ0) is 22.7. The molecule has 0 heterocycles. The monoisotopic (exact) mass is 457 g/mol. The SMILES string of the molecule is COc1cccc(CCNS(=O)(=O)c2cc(C(F)(F)F)cc(C(F)(F)F)c2)c1OC. The van der Waals surface area contributed by atoms with E-state index in [9.17, 15) is 34.8 Å². The first-order valence-electron chi connectivity index (χ1n) is 8.28. The van der Waals surface area contributed by atoms with E-state index in [4.69, 9.17) is 9.47 Å². The highest BCUT2D eigenvalue weighted by atomic mass is 32.2. The maximum atomic E-state index is 12.9. The Labute approximate surface area is 168 Å². The van der Waals surface area contributed by atoms with Crippen LogP contribution in [0, 0.1) is 0 Å². The highest BCUT2D eigenvalue weighted by Gasteiger charge is 2.38. The van der Waals surface area contributed by atoms with Crippen molar-refractivity contribution in [1.29, 1.82) is 0 Å². The molecule has 12 heteroatoms. The van der Waals surface area contributed by atoms with E-state index in [1.165, 1.54) is 14.2 Å². The minimum atomic E-state index is -5.15. The van der Waals surface area contributed by atoms with Crippen molar-refractivity contribution in [2.24, 2.45) is 0 Å². The highest BCUT2D eigenvalue weighted by molar-refractivity contribution is 7.89. The molecule has 2 rings (SSSR count). The first kappa shape index (κ1) is 23.8. The van der Waals surface area contributed by atoms with Crippen molar-refractivity contribution in [2.45, 2.75) is 23.7 Å². The largest absolute Gasteiger partial charge is 0.493 e. The molecule has 0 aromatic heterocycles. The van der Waals surface area contributed by atoms with Crippen LogP contribution in [0.2, 0.25) is 0 Å². The molecule has 30 heavy (non-hydrogen) atoms. The molecule has 0 unspecified atom stereocenters. The molecule has 0 aliphatic carbocycles. The van der Waals surface area contributed by atoms with E-state index in [-0.39, 0.29) is 31.2 Å². The summed E-state index contributed by atoms with van der Waals surface area (Å²) in [5.41, 5.74) is -2.90. The van der Waals surface area contributed by atoms with Gasteiger partial charge in [-0.05, 0) is 36.2 Å². The molecule has 2 aromatic carbocycles. The second-order valence-corrected chi connectivity index (χ2v) is 7.81. The average molecular weight is 457 g/mol. The Morgan fingerprint density at radius 3 is 1.93 bits per heavy atom. The lowest BCUT2D eigenvalue weighted by atomic mass is 10.1. The Balaban J connectivity index is 2.30. The summed E-state index contributed by atoms with van der Waals surface area (Å²) in [4.78, 5) is -1.14. The molecule has 0 bridgehead atoms. The second kappa shape index (κ2) is 8.72. The van der Waals surface area contributed by atoms with Gasteiger partial charge in [0.1, 0.15) is 0 Å². The van der Waals surface area contributed by atoms with E-state index in [1.807, 2.05) is 4.72 Å². The summed E-state index contributed by atoms with van der Waals surface area (Å²) in [6.45, 7) is -0.302. The van der Waals surface area contributed by atoms with Crippen LogP contribution in [0.3, 0.4) is 0 Å². The molecule has 0 atom stereocenters. The summed E-state index contributed by atoms with van der Waals surface area (Å²) in [6.07, 6.45) is -10.3. The molecule has 5 nitrogen and oxygen atoms in total. The molecule has 0 aliphatic heterocycles. The fraction of sp³-hybridized carbons (Fsp3) is 0.333. The molecule has 0 saturated carbocycles. The molecule has 0 fully saturated rings. The highest BCUT2D eigenvalue weighted by Crippen LogP contribution is 2.37. The number of ether oxygens (including phenoxy) is 2. The summed E-state index contributed by atoms with van der Waals surface area (Å²) < 4.78 is 115. The number of alkyl halides is 6. The molecule has 1 N–H and O–H groups in total. The standard InChI is InChI=1S/C18H17F6NO4S/c1-28-15-5-3-4-11(16(15)29-2)6-7-25-30(26,27)14-9-12(17(19,20)21)8-13(10-14)18(22,23)24/h3-5,8-10,25H,6-7H2,1-2H3. The summed E-state index contributed by atoms with van der Waals surface area (Å²) in [5.74, 6) is 0.711. The van der Waals surface area contributed by atoms with Crippen molar-refractivity contribution in [1.82, 2.24) is 4.72 Å². The van der Waals surface area contributed by atoms with Gasteiger partial charge in [0, 0.05) is 6.54 Å². The molecular formula is C18H17F6NO4S. The maximum absolute atomic E-state index is 12.9. The molecule has 0 saturated heterocycles. The number of halogens is 6. The number of benzene rings is 2. The van der Waals surface area contributed by atoms with Gasteiger partial charge in [0.2, 0.25) is 10.0 Å². The fourth-order valence-corrected chi connectivity index (χ4v) is 3.74. The first-order chi connectivity index (χ1) is 13.8. The van der Waals surface area contributed by atoms with Crippen LogP contribution in [0.1, 0.15) is 16.7 Å². The van der Waals surface area contributed by atoms with Crippen molar-refractivity contribution < 1.29 is 44.2 Å². The zero-order valence-corrected chi connectivity index (χ0v) is 16.5. The van der Waals surface area contributed by atoms with E-state index >= 15 is 0 Å².